The second-order valence-electron chi connectivity index (χ2n) is 3.12. The third-order valence-corrected chi connectivity index (χ3v) is 2.54. The van der Waals surface area contributed by atoms with Crippen LogP contribution in [0.1, 0.15) is 40.0 Å². The molecule has 10 heavy (non-hydrogen) atoms. The summed E-state index contributed by atoms with van der Waals surface area (Å²) in [6.07, 6.45) is 4.96. The standard InChI is InChI=1S/C9H18O/c1-4-7(5-2)9-8(6-3)10-9/h7-9H,4-6H2,1-3H3. The zero-order valence-electron chi connectivity index (χ0n) is 7.26. The van der Waals surface area contributed by atoms with E-state index in [2.05, 4.69) is 20.8 Å². The van der Waals surface area contributed by atoms with Crippen molar-refractivity contribution in [2.24, 2.45) is 5.92 Å². The summed E-state index contributed by atoms with van der Waals surface area (Å²) < 4.78 is 5.51. The Morgan fingerprint density at radius 1 is 1.20 bits per heavy atom. The molecule has 1 nitrogen and oxygen atoms in total. The first-order chi connectivity index (χ1) is 4.83. The van der Waals surface area contributed by atoms with Crippen molar-refractivity contribution >= 4 is 0 Å². The van der Waals surface area contributed by atoms with Crippen molar-refractivity contribution in [1.29, 1.82) is 0 Å². The molecule has 0 aromatic carbocycles. The summed E-state index contributed by atoms with van der Waals surface area (Å²) in [7, 11) is 0. The Morgan fingerprint density at radius 2 is 1.80 bits per heavy atom. The number of ether oxygens (including phenoxy) is 1. The van der Waals surface area contributed by atoms with Crippen LogP contribution < -0.4 is 0 Å². The predicted octanol–water partition coefficient (Wildman–Crippen LogP) is 2.60. The number of rotatable bonds is 4. The van der Waals surface area contributed by atoms with Crippen LogP contribution in [0.5, 0.6) is 0 Å². The van der Waals surface area contributed by atoms with Gasteiger partial charge in [-0.15, -0.1) is 0 Å². The fourth-order valence-electron chi connectivity index (χ4n) is 1.65. The van der Waals surface area contributed by atoms with E-state index in [0.29, 0.717) is 12.2 Å². The van der Waals surface area contributed by atoms with Gasteiger partial charge in [0, 0.05) is 0 Å². The Labute approximate surface area is 63.8 Å². The van der Waals surface area contributed by atoms with Gasteiger partial charge >= 0.3 is 0 Å². The van der Waals surface area contributed by atoms with E-state index in [1.54, 1.807) is 0 Å². The summed E-state index contributed by atoms with van der Waals surface area (Å²) in [4.78, 5) is 0. The molecule has 2 unspecified atom stereocenters. The molecule has 1 fully saturated rings. The number of hydrogen-bond donors (Lipinski definition) is 0. The molecule has 0 aromatic heterocycles. The lowest BCUT2D eigenvalue weighted by Gasteiger charge is -2.06. The summed E-state index contributed by atoms with van der Waals surface area (Å²) in [6.45, 7) is 6.71. The first-order valence-electron chi connectivity index (χ1n) is 4.48. The number of epoxide rings is 1. The molecule has 0 aliphatic carbocycles. The van der Waals surface area contributed by atoms with Gasteiger partial charge < -0.3 is 4.74 Å². The molecule has 1 rings (SSSR count). The lowest BCUT2D eigenvalue weighted by molar-refractivity contribution is 0.303. The van der Waals surface area contributed by atoms with Gasteiger partial charge in [-0.25, -0.2) is 0 Å². The molecular formula is C9H18O. The molecule has 0 aromatic rings. The van der Waals surface area contributed by atoms with E-state index in [-0.39, 0.29) is 0 Å². The minimum absolute atomic E-state index is 0.602. The van der Waals surface area contributed by atoms with Crippen molar-refractivity contribution in [2.75, 3.05) is 0 Å². The summed E-state index contributed by atoms with van der Waals surface area (Å²) in [5.74, 6) is 0.824. The summed E-state index contributed by atoms with van der Waals surface area (Å²) in [6, 6.07) is 0. The minimum atomic E-state index is 0.602. The number of hydrogen-bond acceptors (Lipinski definition) is 1. The van der Waals surface area contributed by atoms with Crippen molar-refractivity contribution in [3.63, 3.8) is 0 Å². The molecule has 60 valence electrons. The van der Waals surface area contributed by atoms with Crippen LogP contribution in [0, 0.1) is 5.92 Å². The molecule has 0 N–H and O–H groups in total. The van der Waals surface area contributed by atoms with Gasteiger partial charge in [0.15, 0.2) is 0 Å². The smallest absolute Gasteiger partial charge is 0.0869 e. The van der Waals surface area contributed by atoms with Crippen LogP contribution >= 0.6 is 0 Å². The zero-order valence-corrected chi connectivity index (χ0v) is 7.26. The first-order valence-corrected chi connectivity index (χ1v) is 4.48. The normalized spacial score (nSPS) is 31.2. The second kappa shape index (κ2) is 3.38. The van der Waals surface area contributed by atoms with Crippen LogP contribution in [0.4, 0.5) is 0 Å². The maximum Gasteiger partial charge on any atom is 0.0869 e. The molecule has 0 amide bonds. The van der Waals surface area contributed by atoms with Crippen molar-refractivity contribution in [3.05, 3.63) is 0 Å². The highest BCUT2D eigenvalue weighted by Crippen LogP contribution is 2.34. The average molecular weight is 142 g/mol. The molecule has 1 heteroatoms. The van der Waals surface area contributed by atoms with Crippen molar-refractivity contribution in [3.8, 4) is 0 Å². The molecule has 0 bridgehead atoms. The summed E-state index contributed by atoms with van der Waals surface area (Å²) in [5, 5.41) is 0. The second-order valence-corrected chi connectivity index (χ2v) is 3.12. The van der Waals surface area contributed by atoms with Gasteiger partial charge in [0.2, 0.25) is 0 Å². The SMILES string of the molecule is CCC(CC)C1OC1CC. The fraction of sp³-hybridized carbons (Fsp3) is 1.00. The molecule has 1 saturated heterocycles. The van der Waals surface area contributed by atoms with E-state index < -0.39 is 0 Å². The topological polar surface area (TPSA) is 12.5 Å². The van der Waals surface area contributed by atoms with Gasteiger partial charge in [0.1, 0.15) is 0 Å². The molecule has 1 heterocycles. The predicted molar refractivity (Wildman–Crippen MR) is 43.0 cm³/mol. The lowest BCUT2D eigenvalue weighted by atomic mass is 9.97. The molecule has 1 aliphatic rings. The molecule has 0 saturated carbocycles. The maximum absolute atomic E-state index is 5.51. The Kier molecular flexibility index (Phi) is 2.72. The van der Waals surface area contributed by atoms with Gasteiger partial charge in [-0.1, -0.05) is 33.6 Å². The van der Waals surface area contributed by atoms with Crippen LogP contribution in [0.15, 0.2) is 0 Å². The maximum atomic E-state index is 5.51. The van der Waals surface area contributed by atoms with Crippen LogP contribution in [0.2, 0.25) is 0 Å². The molecular weight excluding hydrogens is 124 g/mol. The quantitative estimate of drug-likeness (QED) is 0.550. The van der Waals surface area contributed by atoms with E-state index in [4.69, 9.17) is 4.74 Å². The average Bonchev–Trinajstić information content (AvgIpc) is 2.70. The van der Waals surface area contributed by atoms with E-state index >= 15 is 0 Å². The van der Waals surface area contributed by atoms with Crippen molar-refractivity contribution in [1.82, 2.24) is 0 Å². The Hall–Kier alpha value is -0.0400. The fourth-order valence-corrected chi connectivity index (χ4v) is 1.65. The van der Waals surface area contributed by atoms with Gasteiger partial charge in [0.05, 0.1) is 12.2 Å². The molecule has 1 aliphatic heterocycles. The minimum Gasteiger partial charge on any atom is -0.369 e. The van der Waals surface area contributed by atoms with E-state index in [9.17, 15) is 0 Å². The molecule has 0 spiro atoms. The van der Waals surface area contributed by atoms with Gasteiger partial charge in [-0.3, -0.25) is 0 Å². The largest absolute Gasteiger partial charge is 0.369 e. The monoisotopic (exact) mass is 142 g/mol. The molecule has 2 atom stereocenters. The van der Waals surface area contributed by atoms with Crippen LogP contribution in [-0.4, -0.2) is 12.2 Å². The summed E-state index contributed by atoms with van der Waals surface area (Å²) >= 11 is 0. The van der Waals surface area contributed by atoms with Gasteiger partial charge in [-0.2, -0.15) is 0 Å². The van der Waals surface area contributed by atoms with Crippen LogP contribution in [0.3, 0.4) is 0 Å². The molecule has 0 radical (unpaired) electrons. The first kappa shape index (κ1) is 8.06. The zero-order chi connectivity index (χ0) is 7.56. The van der Waals surface area contributed by atoms with E-state index in [0.717, 1.165) is 5.92 Å². The Bertz CT molecular complexity index is 96.9. The lowest BCUT2D eigenvalue weighted by Crippen LogP contribution is -2.07. The van der Waals surface area contributed by atoms with Crippen molar-refractivity contribution < 1.29 is 4.74 Å². The van der Waals surface area contributed by atoms with Gasteiger partial charge in [0.25, 0.3) is 0 Å². The van der Waals surface area contributed by atoms with Crippen LogP contribution in [-0.2, 0) is 4.74 Å². The third-order valence-electron chi connectivity index (χ3n) is 2.54. The van der Waals surface area contributed by atoms with Crippen molar-refractivity contribution in [2.45, 2.75) is 52.2 Å². The van der Waals surface area contributed by atoms with E-state index in [1.165, 1.54) is 19.3 Å². The third kappa shape index (κ3) is 1.51. The Balaban J connectivity index is 2.22. The highest BCUT2D eigenvalue weighted by molar-refractivity contribution is 4.88. The highest BCUT2D eigenvalue weighted by atomic mass is 16.6. The van der Waals surface area contributed by atoms with Crippen LogP contribution in [0.25, 0.3) is 0 Å². The highest BCUT2D eigenvalue weighted by Gasteiger charge is 2.41. The Morgan fingerprint density at radius 3 is 2.10 bits per heavy atom. The van der Waals surface area contributed by atoms with Gasteiger partial charge in [-0.05, 0) is 12.3 Å². The summed E-state index contributed by atoms with van der Waals surface area (Å²) in [5.41, 5.74) is 0. The van der Waals surface area contributed by atoms with E-state index in [1.807, 2.05) is 0 Å².